The van der Waals surface area contributed by atoms with Crippen LogP contribution in [-0.2, 0) is 11.0 Å². The molecule has 2 aromatic rings. The van der Waals surface area contributed by atoms with Gasteiger partial charge in [0.25, 0.3) is 5.69 Å². The van der Waals surface area contributed by atoms with Crippen molar-refractivity contribution in [1.82, 2.24) is 0 Å². The molecule has 2 aromatic carbocycles. The Balaban J connectivity index is 2.41. The molecule has 132 valence electrons. The molecular weight excluding hydrogens is 341 g/mol. The van der Waals surface area contributed by atoms with E-state index in [1.807, 2.05) is 0 Å². The first-order valence-corrected chi connectivity index (χ1v) is 7.07. The van der Waals surface area contributed by atoms with Crippen molar-refractivity contribution in [3.05, 3.63) is 69.8 Å². The summed E-state index contributed by atoms with van der Waals surface area (Å²) in [5, 5.41) is 22.8. The number of nitrogens with one attached hydrogen (secondary N) is 1. The van der Waals surface area contributed by atoms with Crippen LogP contribution in [0.4, 0.5) is 24.5 Å². The van der Waals surface area contributed by atoms with Gasteiger partial charge in [-0.25, -0.2) is 0 Å². The van der Waals surface area contributed by atoms with Crippen LogP contribution >= 0.6 is 0 Å². The number of rotatable bonds is 6. The predicted octanol–water partition coefficient (Wildman–Crippen LogP) is 4.24. The first kappa shape index (κ1) is 18.2. The van der Waals surface area contributed by atoms with E-state index < -0.39 is 40.8 Å². The van der Waals surface area contributed by atoms with Crippen LogP contribution in [0.5, 0.6) is 0 Å². The molecule has 9 heteroatoms. The van der Waals surface area contributed by atoms with Crippen molar-refractivity contribution >= 4 is 17.3 Å². The SMILES string of the molecule is O=C(O)CC(Nc1ccc(C(F)(F)F)cc1[N+](=O)[O-])c1ccccc1. The van der Waals surface area contributed by atoms with E-state index in [9.17, 15) is 28.1 Å². The van der Waals surface area contributed by atoms with E-state index in [2.05, 4.69) is 5.32 Å². The molecule has 25 heavy (non-hydrogen) atoms. The van der Waals surface area contributed by atoms with Gasteiger partial charge >= 0.3 is 12.1 Å². The second-order valence-electron chi connectivity index (χ2n) is 5.19. The van der Waals surface area contributed by atoms with E-state index in [1.54, 1.807) is 30.3 Å². The zero-order valence-corrected chi connectivity index (χ0v) is 12.7. The molecular formula is C16H13F3N2O4. The molecule has 0 aliphatic rings. The van der Waals surface area contributed by atoms with Crippen LogP contribution in [0.25, 0.3) is 0 Å². The number of halogens is 3. The van der Waals surface area contributed by atoms with Crippen molar-refractivity contribution in [1.29, 1.82) is 0 Å². The maximum atomic E-state index is 12.7. The Kier molecular flexibility index (Phi) is 5.26. The summed E-state index contributed by atoms with van der Waals surface area (Å²) >= 11 is 0. The fourth-order valence-corrected chi connectivity index (χ4v) is 2.28. The highest BCUT2D eigenvalue weighted by Gasteiger charge is 2.33. The highest BCUT2D eigenvalue weighted by atomic mass is 19.4. The number of nitro benzene ring substituents is 1. The minimum absolute atomic E-state index is 0.187. The number of nitro groups is 1. The summed E-state index contributed by atoms with van der Waals surface area (Å²) in [7, 11) is 0. The topological polar surface area (TPSA) is 92.5 Å². The molecule has 0 heterocycles. The third-order valence-electron chi connectivity index (χ3n) is 3.43. The lowest BCUT2D eigenvalue weighted by atomic mass is 10.0. The van der Waals surface area contributed by atoms with Crippen molar-refractivity contribution in [2.75, 3.05) is 5.32 Å². The Morgan fingerprint density at radius 2 is 1.84 bits per heavy atom. The quantitative estimate of drug-likeness (QED) is 0.598. The average Bonchev–Trinajstić information content (AvgIpc) is 2.53. The Labute approximate surface area is 140 Å². The van der Waals surface area contributed by atoms with E-state index in [0.717, 1.165) is 6.07 Å². The molecule has 0 aliphatic carbocycles. The fourth-order valence-electron chi connectivity index (χ4n) is 2.28. The average molecular weight is 354 g/mol. The van der Waals surface area contributed by atoms with E-state index >= 15 is 0 Å². The molecule has 0 aromatic heterocycles. The number of carbonyl (C=O) groups is 1. The van der Waals surface area contributed by atoms with Gasteiger partial charge < -0.3 is 10.4 Å². The number of anilines is 1. The van der Waals surface area contributed by atoms with Crippen LogP contribution in [0.2, 0.25) is 0 Å². The molecule has 0 bridgehead atoms. The van der Waals surface area contributed by atoms with Crippen molar-refractivity contribution < 1.29 is 28.0 Å². The number of nitrogens with zero attached hydrogens (tertiary/aromatic N) is 1. The van der Waals surface area contributed by atoms with Crippen LogP contribution < -0.4 is 5.32 Å². The van der Waals surface area contributed by atoms with Crippen molar-refractivity contribution in [2.45, 2.75) is 18.6 Å². The molecule has 1 unspecified atom stereocenters. The number of carboxylic acid groups (broad SMARTS) is 1. The number of hydrogen-bond acceptors (Lipinski definition) is 4. The molecule has 2 rings (SSSR count). The van der Waals surface area contributed by atoms with E-state index in [-0.39, 0.29) is 5.69 Å². The number of carboxylic acids is 1. The number of alkyl halides is 3. The monoisotopic (exact) mass is 354 g/mol. The Bertz CT molecular complexity index is 779. The molecule has 0 spiro atoms. The van der Waals surface area contributed by atoms with Crippen LogP contribution in [0.3, 0.4) is 0 Å². The van der Waals surface area contributed by atoms with Gasteiger partial charge in [0.15, 0.2) is 0 Å². The van der Waals surface area contributed by atoms with E-state index in [4.69, 9.17) is 5.11 Å². The molecule has 0 radical (unpaired) electrons. The van der Waals surface area contributed by atoms with Crippen LogP contribution in [0, 0.1) is 10.1 Å². The number of hydrogen-bond donors (Lipinski definition) is 2. The van der Waals surface area contributed by atoms with Crippen LogP contribution in [-0.4, -0.2) is 16.0 Å². The van der Waals surface area contributed by atoms with E-state index in [1.165, 1.54) is 0 Å². The van der Waals surface area contributed by atoms with E-state index in [0.29, 0.717) is 17.7 Å². The molecule has 0 amide bonds. The Morgan fingerprint density at radius 3 is 2.36 bits per heavy atom. The van der Waals surface area contributed by atoms with Crippen LogP contribution in [0.15, 0.2) is 48.5 Å². The summed E-state index contributed by atoms with van der Waals surface area (Å²) in [6.45, 7) is 0. The normalized spacial score (nSPS) is 12.4. The van der Waals surface area contributed by atoms with Gasteiger partial charge in [-0.15, -0.1) is 0 Å². The fraction of sp³-hybridized carbons (Fsp3) is 0.188. The summed E-state index contributed by atoms with van der Waals surface area (Å²) in [5.41, 5.74) is -1.58. The van der Waals surface area contributed by atoms with Crippen molar-refractivity contribution in [3.63, 3.8) is 0 Å². The lowest BCUT2D eigenvalue weighted by Gasteiger charge is -2.19. The van der Waals surface area contributed by atoms with Gasteiger partial charge in [0.2, 0.25) is 0 Å². The van der Waals surface area contributed by atoms with Gasteiger partial charge in [0, 0.05) is 6.07 Å². The summed E-state index contributed by atoms with van der Waals surface area (Å²) in [6, 6.07) is 9.49. The zero-order valence-electron chi connectivity index (χ0n) is 12.7. The molecule has 1 atom stereocenters. The second-order valence-corrected chi connectivity index (χ2v) is 5.19. The first-order valence-electron chi connectivity index (χ1n) is 7.07. The lowest BCUT2D eigenvalue weighted by Crippen LogP contribution is -2.16. The largest absolute Gasteiger partial charge is 0.481 e. The maximum absolute atomic E-state index is 12.7. The van der Waals surface area contributed by atoms with Gasteiger partial charge in [-0.1, -0.05) is 30.3 Å². The molecule has 0 saturated heterocycles. The Morgan fingerprint density at radius 1 is 1.20 bits per heavy atom. The molecule has 2 N–H and O–H groups in total. The smallest absolute Gasteiger partial charge is 0.416 e. The molecule has 6 nitrogen and oxygen atoms in total. The minimum atomic E-state index is -4.72. The summed E-state index contributed by atoms with van der Waals surface area (Å²) in [6.07, 6.45) is -5.12. The minimum Gasteiger partial charge on any atom is -0.481 e. The summed E-state index contributed by atoms with van der Waals surface area (Å²) < 4.78 is 38.2. The van der Waals surface area contributed by atoms with Crippen molar-refractivity contribution in [3.8, 4) is 0 Å². The van der Waals surface area contributed by atoms with Crippen LogP contribution in [0.1, 0.15) is 23.6 Å². The van der Waals surface area contributed by atoms with Crippen molar-refractivity contribution in [2.24, 2.45) is 0 Å². The number of benzene rings is 2. The van der Waals surface area contributed by atoms with Gasteiger partial charge in [-0.3, -0.25) is 14.9 Å². The Hall–Kier alpha value is -3.10. The molecule has 0 aliphatic heterocycles. The standard InChI is InChI=1S/C16H13F3N2O4/c17-16(18,19)11-6-7-12(14(8-11)21(24)25)20-13(9-15(22)23)10-4-2-1-3-5-10/h1-8,13,20H,9H2,(H,22,23). The van der Waals surface area contributed by atoms with Gasteiger partial charge in [-0.05, 0) is 17.7 Å². The first-order chi connectivity index (χ1) is 11.7. The lowest BCUT2D eigenvalue weighted by molar-refractivity contribution is -0.384. The third-order valence-corrected chi connectivity index (χ3v) is 3.43. The highest BCUT2D eigenvalue weighted by Crippen LogP contribution is 2.36. The highest BCUT2D eigenvalue weighted by molar-refractivity contribution is 5.70. The second kappa shape index (κ2) is 7.20. The maximum Gasteiger partial charge on any atom is 0.416 e. The van der Waals surface area contributed by atoms with Gasteiger partial charge in [-0.2, -0.15) is 13.2 Å². The predicted molar refractivity (Wildman–Crippen MR) is 83.2 cm³/mol. The molecule has 0 saturated carbocycles. The number of aliphatic carboxylic acids is 1. The third kappa shape index (κ3) is 4.69. The van der Waals surface area contributed by atoms with Gasteiger partial charge in [0.1, 0.15) is 5.69 Å². The molecule has 0 fully saturated rings. The summed E-state index contributed by atoms with van der Waals surface area (Å²) in [5.74, 6) is -1.16. The van der Waals surface area contributed by atoms with Gasteiger partial charge in [0.05, 0.1) is 22.9 Å². The zero-order chi connectivity index (χ0) is 18.6. The summed E-state index contributed by atoms with van der Waals surface area (Å²) in [4.78, 5) is 21.2.